The highest BCUT2D eigenvalue weighted by Crippen LogP contribution is 2.44. The number of rotatable bonds is 5. The van der Waals surface area contributed by atoms with E-state index in [0.717, 1.165) is 15.0 Å². The van der Waals surface area contributed by atoms with E-state index in [1.54, 1.807) is 24.3 Å². The summed E-state index contributed by atoms with van der Waals surface area (Å²) in [7, 11) is 0. The molecule has 30 heavy (non-hydrogen) atoms. The molecule has 0 bridgehead atoms. The van der Waals surface area contributed by atoms with Crippen LogP contribution in [0.4, 0.5) is 0 Å². The molecule has 3 aromatic rings. The van der Waals surface area contributed by atoms with Gasteiger partial charge >= 0.3 is 11.9 Å². The van der Waals surface area contributed by atoms with E-state index in [4.69, 9.17) is 9.47 Å². The number of halogens is 2. The van der Waals surface area contributed by atoms with Crippen molar-refractivity contribution in [3.05, 3.63) is 86.8 Å². The average molecular weight is 534 g/mol. The van der Waals surface area contributed by atoms with Crippen molar-refractivity contribution in [2.75, 3.05) is 0 Å². The zero-order chi connectivity index (χ0) is 21.8. The Morgan fingerprint density at radius 3 is 1.77 bits per heavy atom. The van der Waals surface area contributed by atoms with E-state index in [1.807, 2.05) is 0 Å². The number of hydrogen-bond acceptors (Lipinski definition) is 6. The van der Waals surface area contributed by atoms with Gasteiger partial charge in [0.25, 0.3) is 0 Å². The summed E-state index contributed by atoms with van der Waals surface area (Å²) < 4.78 is 12.0. The number of benzene rings is 3. The fourth-order valence-electron chi connectivity index (χ4n) is 2.49. The summed E-state index contributed by atoms with van der Waals surface area (Å²) in [5, 5.41) is 20.8. The third kappa shape index (κ3) is 4.72. The Bertz CT molecular complexity index is 1120. The van der Waals surface area contributed by atoms with E-state index in [0.29, 0.717) is 0 Å². The molecule has 3 aromatic carbocycles. The van der Waals surface area contributed by atoms with E-state index in [9.17, 15) is 19.8 Å². The highest BCUT2D eigenvalue weighted by atomic mass is 79.9. The van der Waals surface area contributed by atoms with Crippen LogP contribution in [0.3, 0.4) is 0 Å². The van der Waals surface area contributed by atoms with Gasteiger partial charge in [-0.05, 0) is 48.5 Å². The Labute approximate surface area is 188 Å². The maximum Gasteiger partial charge on any atom is 0.343 e. The molecule has 3 rings (SSSR count). The number of aromatic hydroxyl groups is 2. The molecule has 0 saturated carbocycles. The molecule has 8 heteroatoms. The number of carbonyl (C=O) groups excluding carboxylic acids is 2. The van der Waals surface area contributed by atoms with E-state index < -0.39 is 23.4 Å². The summed E-state index contributed by atoms with van der Waals surface area (Å²) in [5.74, 6) is -3.12. The van der Waals surface area contributed by atoms with Crippen molar-refractivity contribution in [1.29, 1.82) is 0 Å². The van der Waals surface area contributed by atoms with Crippen LogP contribution >= 0.6 is 31.9 Å². The van der Waals surface area contributed by atoms with E-state index >= 15 is 0 Å². The molecule has 2 N–H and O–H groups in total. The number of phenols is 2. The average Bonchev–Trinajstić information content (AvgIpc) is 2.72. The van der Waals surface area contributed by atoms with Crippen LogP contribution in [0.15, 0.2) is 70.1 Å². The van der Waals surface area contributed by atoms with Gasteiger partial charge in [-0.2, -0.15) is 0 Å². The van der Waals surface area contributed by atoms with Crippen LogP contribution in [0.25, 0.3) is 6.08 Å². The molecule has 0 fully saturated rings. The summed E-state index contributed by atoms with van der Waals surface area (Å²) in [4.78, 5) is 24.7. The number of ether oxygens (including phenoxy) is 2. The van der Waals surface area contributed by atoms with Gasteiger partial charge in [0.05, 0.1) is 16.7 Å². The second kappa shape index (κ2) is 9.15. The maximum absolute atomic E-state index is 12.4. The van der Waals surface area contributed by atoms with Gasteiger partial charge in [-0.1, -0.05) is 44.5 Å². The molecule has 0 radical (unpaired) electrons. The van der Waals surface area contributed by atoms with E-state index in [1.165, 1.54) is 30.3 Å². The van der Waals surface area contributed by atoms with Gasteiger partial charge in [0.2, 0.25) is 0 Å². The second-order valence-electron chi connectivity index (χ2n) is 5.98. The maximum atomic E-state index is 12.4. The summed E-state index contributed by atoms with van der Waals surface area (Å²) in [5.41, 5.74) is 0.375. The number of phenolic OH excluding ortho intramolecular Hbond substituents is 2. The summed E-state index contributed by atoms with van der Waals surface area (Å²) in [6, 6.07) is 13.8. The monoisotopic (exact) mass is 532 g/mol. The molecule has 0 atom stereocenters. The van der Waals surface area contributed by atoms with Crippen LogP contribution in [0.1, 0.15) is 26.3 Å². The molecule has 0 aliphatic rings. The number of hydrogen-bond donors (Lipinski definition) is 2. The number of carbonyl (C=O) groups is 2. The third-order valence-electron chi connectivity index (χ3n) is 3.99. The fourth-order valence-corrected chi connectivity index (χ4v) is 3.02. The molecule has 0 unspecified atom stereocenters. The Kier molecular flexibility index (Phi) is 6.59. The molecule has 0 amide bonds. The fraction of sp³-hybridized carbons (Fsp3) is 0. The Balaban J connectivity index is 1.90. The molecule has 0 heterocycles. The van der Waals surface area contributed by atoms with Crippen LogP contribution in [-0.4, -0.2) is 22.2 Å². The molecule has 0 spiro atoms. The first kappa shape index (κ1) is 21.6. The van der Waals surface area contributed by atoms with Gasteiger partial charge in [0.1, 0.15) is 0 Å². The largest absolute Gasteiger partial charge is 0.504 e. The normalized spacial score (nSPS) is 10.3. The highest BCUT2D eigenvalue weighted by molar-refractivity contribution is 9.10. The van der Waals surface area contributed by atoms with Crippen LogP contribution < -0.4 is 9.47 Å². The third-order valence-corrected chi connectivity index (χ3v) is 5.05. The standard InChI is InChI=1S/C22H14Br2O6/c1-2-16-19(26)18(29-21(27)12-3-7-14(23)8-4-12)11-17(25)20(16)30-22(28)13-5-9-15(24)10-6-13/h2-11,25-26H,1H2. The van der Waals surface area contributed by atoms with Crippen LogP contribution in [0.2, 0.25) is 0 Å². The van der Waals surface area contributed by atoms with Crippen LogP contribution in [0.5, 0.6) is 23.0 Å². The van der Waals surface area contributed by atoms with Crippen LogP contribution in [-0.2, 0) is 0 Å². The summed E-state index contributed by atoms with van der Waals surface area (Å²) in [6.45, 7) is 3.56. The second-order valence-corrected chi connectivity index (χ2v) is 7.81. The molecular formula is C22H14Br2O6. The molecule has 0 aliphatic heterocycles. The first-order valence-electron chi connectivity index (χ1n) is 8.47. The van der Waals surface area contributed by atoms with E-state index in [-0.39, 0.29) is 28.2 Å². The lowest BCUT2D eigenvalue weighted by Crippen LogP contribution is -2.11. The van der Waals surface area contributed by atoms with Crippen molar-refractivity contribution in [1.82, 2.24) is 0 Å². The Hall–Kier alpha value is -3.10. The molecule has 6 nitrogen and oxygen atoms in total. The first-order chi connectivity index (χ1) is 14.3. The van der Waals surface area contributed by atoms with Gasteiger partial charge in [0.15, 0.2) is 23.0 Å². The van der Waals surface area contributed by atoms with Crippen molar-refractivity contribution < 1.29 is 29.3 Å². The van der Waals surface area contributed by atoms with E-state index in [2.05, 4.69) is 38.4 Å². The number of esters is 2. The SMILES string of the molecule is C=Cc1c(O)c(OC(=O)c2ccc(Br)cc2)cc(O)c1OC(=O)c1ccc(Br)cc1. The molecule has 152 valence electrons. The van der Waals surface area contributed by atoms with Gasteiger partial charge in [-0.15, -0.1) is 0 Å². The highest BCUT2D eigenvalue weighted by Gasteiger charge is 2.23. The summed E-state index contributed by atoms with van der Waals surface area (Å²) in [6.07, 6.45) is 1.18. The predicted molar refractivity (Wildman–Crippen MR) is 118 cm³/mol. The predicted octanol–water partition coefficient (Wildman–Crippen LogP) is 5.70. The minimum atomic E-state index is -0.750. The van der Waals surface area contributed by atoms with Crippen molar-refractivity contribution >= 4 is 49.9 Å². The van der Waals surface area contributed by atoms with Gasteiger partial charge in [0, 0.05) is 15.0 Å². The van der Waals surface area contributed by atoms with Gasteiger partial charge in [-0.25, -0.2) is 9.59 Å². The Morgan fingerprint density at radius 2 is 1.30 bits per heavy atom. The minimum absolute atomic E-state index is 0.0981. The Morgan fingerprint density at radius 1 is 0.833 bits per heavy atom. The molecule has 0 aliphatic carbocycles. The topological polar surface area (TPSA) is 93.1 Å². The van der Waals surface area contributed by atoms with Crippen molar-refractivity contribution in [3.8, 4) is 23.0 Å². The molecule has 0 aromatic heterocycles. The lowest BCUT2D eigenvalue weighted by molar-refractivity contribution is 0.0711. The first-order valence-corrected chi connectivity index (χ1v) is 10.1. The van der Waals surface area contributed by atoms with Crippen molar-refractivity contribution in [2.24, 2.45) is 0 Å². The quantitative estimate of drug-likeness (QED) is 0.248. The van der Waals surface area contributed by atoms with Crippen molar-refractivity contribution in [3.63, 3.8) is 0 Å². The molecular weight excluding hydrogens is 520 g/mol. The summed E-state index contributed by atoms with van der Waals surface area (Å²) >= 11 is 6.54. The zero-order valence-electron chi connectivity index (χ0n) is 15.3. The van der Waals surface area contributed by atoms with Gasteiger partial charge in [-0.3, -0.25) is 0 Å². The minimum Gasteiger partial charge on any atom is -0.504 e. The van der Waals surface area contributed by atoms with Gasteiger partial charge < -0.3 is 19.7 Å². The lowest BCUT2D eigenvalue weighted by atomic mass is 10.1. The molecule has 0 saturated heterocycles. The lowest BCUT2D eigenvalue weighted by Gasteiger charge is -2.14. The zero-order valence-corrected chi connectivity index (χ0v) is 18.4. The van der Waals surface area contributed by atoms with Crippen molar-refractivity contribution in [2.45, 2.75) is 0 Å². The smallest absolute Gasteiger partial charge is 0.343 e. The van der Waals surface area contributed by atoms with Crippen LogP contribution in [0, 0.1) is 0 Å².